The maximum absolute atomic E-state index is 13.8. The van der Waals surface area contributed by atoms with Crippen LogP contribution in [0.2, 0.25) is 0 Å². The standard InChI is InChI=1S/C28H38O9/c1-16-10-18-19-7-9-28(37-24(33)15-35-5,22(31)13-36-23(32)14-34-4)27(19,3)12-21(30)25(18)26(2)8-6-17(29)11-20(16)26/h6,8,11,16,18-19,21,25,30H,7,9-10,12-15H2,1-5H3/t16?,18-,19-,21?,25+,26-,27-,28-/m0/s1. The SMILES string of the molecule is COCC(=O)OCC(=O)[C@@]1(OC(=O)COC)CC[C@H]2[C@@H]3CC(C)C4=CC(=O)C=C[C@]4(C)[C@H]3C(O)C[C@@]21C. The molecule has 2 unspecified atom stereocenters. The van der Waals surface area contributed by atoms with E-state index in [2.05, 4.69) is 13.8 Å². The summed E-state index contributed by atoms with van der Waals surface area (Å²) < 4.78 is 20.8. The molecule has 37 heavy (non-hydrogen) atoms. The Morgan fingerprint density at radius 1 is 1.08 bits per heavy atom. The molecule has 4 rings (SSSR count). The quantitative estimate of drug-likeness (QED) is 0.481. The predicted molar refractivity (Wildman–Crippen MR) is 131 cm³/mol. The first-order chi connectivity index (χ1) is 17.4. The average Bonchev–Trinajstić information content (AvgIpc) is 3.11. The number of carbonyl (C=O) groups excluding carboxylic acids is 4. The zero-order valence-electron chi connectivity index (χ0n) is 22.3. The van der Waals surface area contributed by atoms with Gasteiger partial charge in [-0.2, -0.15) is 0 Å². The number of hydrogen-bond acceptors (Lipinski definition) is 9. The van der Waals surface area contributed by atoms with E-state index in [0.29, 0.717) is 6.42 Å². The largest absolute Gasteiger partial charge is 0.456 e. The second-order valence-electron chi connectivity index (χ2n) is 11.5. The van der Waals surface area contributed by atoms with Crippen molar-refractivity contribution in [2.75, 3.05) is 34.0 Å². The summed E-state index contributed by atoms with van der Waals surface area (Å²) in [6, 6.07) is 0. The molecule has 9 nitrogen and oxygen atoms in total. The Balaban J connectivity index is 1.71. The lowest BCUT2D eigenvalue weighted by molar-refractivity contribution is -0.204. The van der Waals surface area contributed by atoms with Gasteiger partial charge < -0.3 is 24.1 Å². The van der Waals surface area contributed by atoms with Gasteiger partial charge in [0.2, 0.25) is 5.78 Å². The van der Waals surface area contributed by atoms with E-state index in [-0.39, 0.29) is 55.5 Å². The number of Topliss-reactive ketones (excluding diaryl/α,β-unsaturated/α-hetero) is 1. The molecule has 0 radical (unpaired) electrons. The number of ether oxygens (including phenoxy) is 4. The van der Waals surface area contributed by atoms with E-state index >= 15 is 0 Å². The van der Waals surface area contributed by atoms with Crippen molar-refractivity contribution in [2.24, 2.45) is 34.5 Å². The fourth-order valence-electron chi connectivity index (χ4n) is 8.18. The summed E-state index contributed by atoms with van der Waals surface area (Å²) in [5.41, 5.74) is -1.88. The third-order valence-corrected chi connectivity index (χ3v) is 9.56. The lowest BCUT2D eigenvalue weighted by atomic mass is 9.44. The van der Waals surface area contributed by atoms with E-state index in [4.69, 9.17) is 18.9 Å². The Morgan fingerprint density at radius 2 is 1.76 bits per heavy atom. The van der Waals surface area contributed by atoms with Crippen molar-refractivity contribution in [3.63, 3.8) is 0 Å². The molecule has 3 fully saturated rings. The number of aliphatic hydroxyl groups excluding tert-OH is 1. The Bertz CT molecular complexity index is 1030. The van der Waals surface area contributed by atoms with Crippen LogP contribution in [0.25, 0.3) is 0 Å². The van der Waals surface area contributed by atoms with Crippen molar-refractivity contribution in [2.45, 2.75) is 58.2 Å². The molecule has 9 heteroatoms. The molecule has 0 aromatic rings. The molecule has 1 N–H and O–H groups in total. The number of fused-ring (bicyclic) bond motifs is 5. The molecule has 0 aromatic heterocycles. The summed E-state index contributed by atoms with van der Waals surface area (Å²) >= 11 is 0. The zero-order chi connectivity index (χ0) is 27.2. The van der Waals surface area contributed by atoms with Crippen molar-refractivity contribution in [1.29, 1.82) is 0 Å². The van der Waals surface area contributed by atoms with Crippen LogP contribution in [0.4, 0.5) is 0 Å². The highest BCUT2D eigenvalue weighted by molar-refractivity contribution is 6.01. The van der Waals surface area contributed by atoms with E-state index in [1.165, 1.54) is 14.2 Å². The fourth-order valence-corrected chi connectivity index (χ4v) is 8.18. The lowest BCUT2D eigenvalue weighted by Crippen LogP contribution is -2.63. The maximum Gasteiger partial charge on any atom is 0.333 e. The normalized spacial score (nSPS) is 40.2. The van der Waals surface area contributed by atoms with Gasteiger partial charge in [0.05, 0.1) is 6.10 Å². The zero-order valence-corrected chi connectivity index (χ0v) is 22.3. The van der Waals surface area contributed by atoms with Crippen LogP contribution in [0.1, 0.15) is 46.5 Å². The van der Waals surface area contributed by atoms with Crippen LogP contribution in [0.15, 0.2) is 23.8 Å². The molecule has 0 spiro atoms. The van der Waals surface area contributed by atoms with Crippen LogP contribution in [-0.4, -0.2) is 74.4 Å². The van der Waals surface area contributed by atoms with E-state index in [1.54, 1.807) is 12.2 Å². The Hall–Kier alpha value is -2.36. The van der Waals surface area contributed by atoms with Crippen LogP contribution < -0.4 is 0 Å². The third-order valence-electron chi connectivity index (χ3n) is 9.56. The Kier molecular flexibility index (Phi) is 7.53. The first-order valence-corrected chi connectivity index (χ1v) is 13.0. The van der Waals surface area contributed by atoms with Crippen LogP contribution in [0.3, 0.4) is 0 Å². The molecule has 0 aliphatic heterocycles. The first-order valence-electron chi connectivity index (χ1n) is 13.0. The summed E-state index contributed by atoms with van der Waals surface area (Å²) in [4.78, 5) is 50.6. The van der Waals surface area contributed by atoms with Gasteiger partial charge in [-0.1, -0.05) is 32.4 Å². The Labute approximate surface area is 217 Å². The number of carbonyl (C=O) groups is 4. The summed E-state index contributed by atoms with van der Waals surface area (Å²) in [6.07, 6.45) is 6.31. The maximum atomic E-state index is 13.8. The minimum absolute atomic E-state index is 0.0262. The molecule has 0 amide bonds. The van der Waals surface area contributed by atoms with Gasteiger partial charge in [0.1, 0.15) is 13.2 Å². The molecule has 0 aromatic carbocycles. The number of aliphatic hydroxyl groups is 1. The Morgan fingerprint density at radius 3 is 2.43 bits per heavy atom. The van der Waals surface area contributed by atoms with Crippen molar-refractivity contribution in [3.05, 3.63) is 23.8 Å². The van der Waals surface area contributed by atoms with Crippen LogP contribution >= 0.6 is 0 Å². The van der Waals surface area contributed by atoms with Gasteiger partial charge in [-0.05, 0) is 55.6 Å². The van der Waals surface area contributed by atoms with Gasteiger partial charge in [0, 0.05) is 31.0 Å². The third kappa shape index (κ3) is 4.38. The van der Waals surface area contributed by atoms with Gasteiger partial charge in [0.25, 0.3) is 0 Å². The van der Waals surface area contributed by atoms with E-state index in [9.17, 15) is 24.3 Å². The summed E-state index contributed by atoms with van der Waals surface area (Å²) in [7, 11) is 2.72. The van der Waals surface area contributed by atoms with Crippen LogP contribution in [0, 0.1) is 34.5 Å². The monoisotopic (exact) mass is 518 g/mol. The molecular weight excluding hydrogens is 480 g/mol. The molecule has 0 bridgehead atoms. The highest BCUT2D eigenvalue weighted by atomic mass is 16.6. The minimum atomic E-state index is -1.56. The molecule has 3 saturated carbocycles. The molecule has 0 heterocycles. The van der Waals surface area contributed by atoms with Crippen LogP contribution in [0.5, 0.6) is 0 Å². The first kappa shape index (κ1) is 27.7. The van der Waals surface area contributed by atoms with E-state index < -0.39 is 46.9 Å². The summed E-state index contributed by atoms with van der Waals surface area (Å²) in [6.45, 7) is 4.93. The van der Waals surface area contributed by atoms with Crippen LogP contribution in [-0.2, 0) is 38.1 Å². The fraction of sp³-hybridized carbons (Fsp3) is 0.714. The van der Waals surface area contributed by atoms with Gasteiger partial charge in [-0.25, -0.2) is 9.59 Å². The molecular formula is C28H38O9. The molecule has 0 saturated heterocycles. The second-order valence-corrected chi connectivity index (χ2v) is 11.5. The highest BCUT2D eigenvalue weighted by Gasteiger charge is 2.70. The minimum Gasteiger partial charge on any atom is -0.456 e. The number of ketones is 2. The number of rotatable bonds is 8. The molecule has 204 valence electrons. The van der Waals surface area contributed by atoms with E-state index in [0.717, 1.165) is 12.0 Å². The van der Waals surface area contributed by atoms with Gasteiger partial charge in [-0.3, -0.25) is 9.59 Å². The summed E-state index contributed by atoms with van der Waals surface area (Å²) in [5, 5.41) is 11.7. The van der Waals surface area contributed by atoms with Gasteiger partial charge in [0.15, 0.2) is 18.0 Å². The van der Waals surface area contributed by atoms with Gasteiger partial charge in [-0.15, -0.1) is 0 Å². The van der Waals surface area contributed by atoms with E-state index in [1.807, 2.05) is 13.0 Å². The summed E-state index contributed by atoms with van der Waals surface area (Å²) in [5.74, 6) is -1.92. The second kappa shape index (κ2) is 10.1. The number of hydrogen-bond donors (Lipinski definition) is 1. The van der Waals surface area contributed by atoms with Crippen molar-refractivity contribution in [3.8, 4) is 0 Å². The topological polar surface area (TPSA) is 125 Å². The highest BCUT2D eigenvalue weighted by Crippen LogP contribution is 2.68. The predicted octanol–water partition coefficient (Wildman–Crippen LogP) is 2.20. The van der Waals surface area contributed by atoms with Crippen molar-refractivity contribution in [1.82, 2.24) is 0 Å². The van der Waals surface area contributed by atoms with Crippen molar-refractivity contribution >= 4 is 23.5 Å². The number of allylic oxidation sites excluding steroid dienone is 4. The van der Waals surface area contributed by atoms with Crippen molar-refractivity contribution < 1.29 is 43.2 Å². The number of esters is 2. The average molecular weight is 519 g/mol. The molecule has 4 aliphatic carbocycles. The smallest absolute Gasteiger partial charge is 0.333 e. The van der Waals surface area contributed by atoms with Gasteiger partial charge >= 0.3 is 11.9 Å². The molecule has 8 atom stereocenters. The lowest BCUT2D eigenvalue weighted by Gasteiger charge is -2.61. The number of methoxy groups -OCH3 is 2. The molecule has 4 aliphatic rings.